The molecule has 4 rings (SSSR count). The van der Waals surface area contributed by atoms with E-state index < -0.39 is 17.1 Å². The summed E-state index contributed by atoms with van der Waals surface area (Å²) in [6.07, 6.45) is 1.51. The average Bonchev–Trinajstić information content (AvgIpc) is 3.13. The molecular formula is C26H19Cl3N2O5S. The number of nitrogens with zero attached hydrogens (tertiary/aromatic N) is 1. The highest BCUT2D eigenvalue weighted by atomic mass is 35.5. The smallest absolute Gasteiger partial charge is 0.293 e. The molecule has 0 atom stereocenters. The second kappa shape index (κ2) is 12.4. The highest BCUT2D eigenvalue weighted by molar-refractivity contribution is 8.18. The van der Waals surface area contributed by atoms with Crippen LogP contribution in [0.25, 0.3) is 6.08 Å². The number of anilines is 1. The minimum atomic E-state index is -0.461. The average molecular weight is 578 g/mol. The fourth-order valence-electron chi connectivity index (χ4n) is 3.28. The zero-order chi connectivity index (χ0) is 26.4. The third-order valence-corrected chi connectivity index (χ3v) is 6.76. The van der Waals surface area contributed by atoms with Crippen molar-refractivity contribution >= 4 is 75.4 Å². The van der Waals surface area contributed by atoms with E-state index in [-0.39, 0.29) is 24.7 Å². The molecule has 1 fully saturated rings. The topological polar surface area (TPSA) is 84.9 Å². The van der Waals surface area contributed by atoms with Gasteiger partial charge in [0.05, 0.1) is 22.2 Å². The molecule has 0 radical (unpaired) electrons. The number of halogens is 3. The molecule has 1 heterocycles. The zero-order valence-corrected chi connectivity index (χ0v) is 22.2. The van der Waals surface area contributed by atoms with Gasteiger partial charge in [0, 0.05) is 15.6 Å². The lowest BCUT2D eigenvalue weighted by atomic mass is 10.2. The summed E-state index contributed by atoms with van der Waals surface area (Å²) in [4.78, 5) is 39.0. The van der Waals surface area contributed by atoms with Crippen molar-refractivity contribution in [3.05, 3.63) is 92.3 Å². The van der Waals surface area contributed by atoms with Gasteiger partial charge in [-0.2, -0.15) is 0 Å². The Morgan fingerprint density at radius 1 is 0.946 bits per heavy atom. The van der Waals surface area contributed by atoms with Gasteiger partial charge in [0.15, 0.2) is 6.61 Å². The highest BCUT2D eigenvalue weighted by Crippen LogP contribution is 2.35. The molecule has 190 valence electrons. The van der Waals surface area contributed by atoms with Crippen LogP contribution in [0.1, 0.15) is 5.56 Å². The molecule has 3 amide bonds. The number of rotatable bonds is 9. The van der Waals surface area contributed by atoms with Crippen LogP contribution in [0.15, 0.2) is 71.6 Å². The van der Waals surface area contributed by atoms with Gasteiger partial charge >= 0.3 is 0 Å². The Hall–Kier alpha value is -3.17. The molecule has 0 unspecified atom stereocenters. The van der Waals surface area contributed by atoms with Crippen LogP contribution in [0.2, 0.25) is 15.1 Å². The van der Waals surface area contributed by atoms with Gasteiger partial charge in [0.2, 0.25) is 0 Å². The van der Waals surface area contributed by atoms with Crippen LogP contribution < -0.4 is 14.8 Å². The zero-order valence-electron chi connectivity index (χ0n) is 19.1. The first-order valence-electron chi connectivity index (χ1n) is 10.9. The number of nitrogens with one attached hydrogen (secondary N) is 1. The first-order valence-corrected chi connectivity index (χ1v) is 12.9. The molecule has 0 spiro atoms. The van der Waals surface area contributed by atoms with E-state index >= 15 is 0 Å². The lowest BCUT2D eigenvalue weighted by molar-refractivity contribution is -0.123. The Kier molecular flexibility index (Phi) is 9.00. The van der Waals surface area contributed by atoms with E-state index in [1.54, 1.807) is 66.7 Å². The first kappa shape index (κ1) is 26.9. The van der Waals surface area contributed by atoms with Gasteiger partial charge in [-0.25, -0.2) is 0 Å². The SMILES string of the molecule is O=C(COc1ccc(Cl)cc1/C=C1\SC(=O)N(CCOc2ccc(Cl)cc2)C1=O)Nc1ccccc1Cl. The van der Waals surface area contributed by atoms with Crippen molar-refractivity contribution in [2.75, 3.05) is 25.1 Å². The van der Waals surface area contributed by atoms with Crippen molar-refractivity contribution in [2.45, 2.75) is 0 Å². The van der Waals surface area contributed by atoms with Crippen molar-refractivity contribution in [1.82, 2.24) is 4.90 Å². The summed E-state index contributed by atoms with van der Waals surface area (Å²) >= 11 is 18.9. The summed E-state index contributed by atoms with van der Waals surface area (Å²) in [6.45, 7) is -0.109. The number of amides is 3. The van der Waals surface area contributed by atoms with Crippen LogP contribution in [0.3, 0.4) is 0 Å². The molecule has 3 aromatic carbocycles. The summed E-state index contributed by atoms with van der Waals surface area (Å²) in [5.74, 6) is 0.00916. The molecule has 1 saturated heterocycles. The third-order valence-electron chi connectivity index (χ3n) is 5.04. The van der Waals surface area contributed by atoms with Crippen LogP contribution in [-0.4, -0.2) is 41.7 Å². The quantitative estimate of drug-likeness (QED) is 0.282. The Morgan fingerprint density at radius 3 is 2.43 bits per heavy atom. The van der Waals surface area contributed by atoms with Gasteiger partial charge in [0.1, 0.15) is 18.1 Å². The number of thioether (sulfide) groups is 1. The van der Waals surface area contributed by atoms with E-state index in [4.69, 9.17) is 44.3 Å². The molecule has 11 heteroatoms. The summed E-state index contributed by atoms with van der Waals surface area (Å²) in [6, 6.07) is 18.4. The van der Waals surface area contributed by atoms with E-state index in [0.29, 0.717) is 37.8 Å². The molecule has 1 N–H and O–H groups in total. The number of carbonyl (C=O) groups is 3. The number of imide groups is 1. The van der Waals surface area contributed by atoms with Gasteiger partial charge < -0.3 is 14.8 Å². The molecule has 0 saturated carbocycles. The maximum Gasteiger partial charge on any atom is 0.293 e. The molecule has 3 aromatic rings. The van der Waals surface area contributed by atoms with Crippen molar-refractivity contribution < 1.29 is 23.9 Å². The second-order valence-corrected chi connectivity index (χ2v) is 9.91. The maximum absolute atomic E-state index is 12.9. The second-order valence-electron chi connectivity index (χ2n) is 7.63. The van der Waals surface area contributed by atoms with E-state index in [0.717, 1.165) is 16.7 Å². The normalized spacial score (nSPS) is 14.2. The molecule has 0 bridgehead atoms. The fourth-order valence-corrected chi connectivity index (χ4v) is 4.62. The third kappa shape index (κ3) is 7.20. The predicted octanol–water partition coefficient (Wildman–Crippen LogP) is 6.78. The van der Waals surface area contributed by atoms with E-state index in [2.05, 4.69) is 5.32 Å². The predicted molar refractivity (Wildman–Crippen MR) is 147 cm³/mol. The molecule has 1 aliphatic rings. The molecule has 37 heavy (non-hydrogen) atoms. The van der Waals surface area contributed by atoms with E-state index in [1.165, 1.54) is 6.08 Å². The van der Waals surface area contributed by atoms with Gasteiger partial charge in [0.25, 0.3) is 17.1 Å². The van der Waals surface area contributed by atoms with Crippen LogP contribution in [0.4, 0.5) is 10.5 Å². The number of benzene rings is 3. The summed E-state index contributed by atoms with van der Waals surface area (Å²) in [7, 11) is 0. The largest absolute Gasteiger partial charge is 0.492 e. The molecule has 7 nitrogen and oxygen atoms in total. The Morgan fingerprint density at radius 2 is 1.68 bits per heavy atom. The maximum atomic E-state index is 12.9. The lowest BCUT2D eigenvalue weighted by Crippen LogP contribution is -2.32. The van der Waals surface area contributed by atoms with Crippen LogP contribution in [0, 0.1) is 0 Å². The van der Waals surface area contributed by atoms with Crippen LogP contribution in [-0.2, 0) is 9.59 Å². The highest BCUT2D eigenvalue weighted by Gasteiger charge is 2.35. The van der Waals surface area contributed by atoms with E-state index in [9.17, 15) is 14.4 Å². The van der Waals surface area contributed by atoms with Gasteiger partial charge in [-0.05, 0) is 72.4 Å². The molecule has 1 aliphatic heterocycles. The molecular weight excluding hydrogens is 559 g/mol. The van der Waals surface area contributed by atoms with Crippen molar-refractivity contribution in [1.29, 1.82) is 0 Å². The van der Waals surface area contributed by atoms with Crippen LogP contribution >= 0.6 is 46.6 Å². The van der Waals surface area contributed by atoms with Gasteiger partial charge in [-0.3, -0.25) is 19.3 Å². The molecule has 0 aliphatic carbocycles. The fraction of sp³-hybridized carbons (Fsp3) is 0.115. The summed E-state index contributed by atoms with van der Waals surface area (Å²) < 4.78 is 11.3. The van der Waals surface area contributed by atoms with Crippen molar-refractivity contribution in [3.63, 3.8) is 0 Å². The minimum Gasteiger partial charge on any atom is -0.492 e. The van der Waals surface area contributed by atoms with E-state index in [1.807, 2.05) is 0 Å². The standard InChI is InChI=1S/C26H19Cl3N2O5S/c27-17-5-8-19(9-6-17)35-12-11-31-25(33)23(37-26(31)34)14-16-13-18(28)7-10-22(16)36-15-24(32)30-21-4-2-1-3-20(21)29/h1-10,13-14H,11-12,15H2,(H,30,32)/b23-14-. The Labute approximate surface area is 232 Å². The number of hydrogen-bond donors (Lipinski definition) is 1. The minimum absolute atomic E-state index is 0.0752. The van der Waals surface area contributed by atoms with Crippen LogP contribution in [0.5, 0.6) is 11.5 Å². The van der Waals surface area contributed by atoms with Gasteiger partial charge in [-0.1, -0.05) is 46.9 Å². The first-order chi connectivity index (χ1) is 17.8. The number of carbonyl (C=O) groups excluding carboxylic acids is 3. The number of ether oxygens (including phenoxy) is 2. The Balaban J connectivity index is 1.40. The number of para-hydroxylation sites is 1. The summed E-state index contributed by atoms with van der Waals surface area (Å²) in [5, 5.41) is 3.63. The lowest BCUT2D eigenvalue weighted by Gasteiger charge is -2.13. The van der Waals surface area contributed by atoms with Crippen molar-refractivity contribution in [2.24, 2.45) is 0 Å². The van der Waals surface area contributed by atoms with Gasteiger partial charge in [-0.15, -0.1) is 0 Å². The number of hydrogen-bond acceptors (Lipinski definition) is 6. The summed E-state index contributed by atoms with van der Waals surface area (Å²) in [5.41, 5.74) is 0.906. The molecule has 0 aromatic heterocycles. The monoisotopic (exact) mass is 576 g/mol. The van der Waals surface area contributed by atoms with Crippen molar-refractivity contribution in [3.8, 4) is 11.5 Å². The Bertz CT molecular complexity index is 1360.